The summed E-state index contributed by atoms with van der Waals surface area (Å²) < 4.78 is 0.846. The minimum atomic E-state index is 0.0926. The molecule has 1 aromatic carbocycles. The zero-order valence-corrected chi connectivity index (χ0v) is 13.0. The van der Waals surface area contributed by atoms with Gasteiger partial charge in [-0.15, -0.1) is 0 Å². The summed E-state index contributed by atoms with van der Waals surface area (Å²) in [5.74, 6) is 0.0926. The molecule has 1 saturated heterocycles. The fraction of sp³-hybridized carbons (Fsp3) is 0.500. The maximum Gasteiger partial charge on any atom is 0.254 e. The highest BCUT2D eigenvalue weighted by atomic mass is 79.9. The largest absolute Gasteiger partial charge is 0.333 e. The van der Waals surface area contributed by atoms with E-state index in [0.29, 0.717) is 22.7 Å². The monoisotopic (exact) mass is 329 g/mol. The van der Waals surface area contributed by atoms with Gasteiger partial charge in [0, 0.05) is 27.1 Å². The van der Waals surface area contributed by atoms with Crippen LogP contribution in [0.4, 0.5) is 0 Å². The lowest BCUT2D eigenvalue weighted by atomic mass is 10.1. The van der Waals surface area contributed by atoms with Crippen LogP contribution in [0.3, 0.4) is 0 Å². The Labute approximate surface area is 121 Å². The van der Waals surface area contributed by atoms with Crippen molar-refractivity contribution in [1.29, 1.82) is 0 Å². The van der Waals surface area contributed by atoms with Gasteiger partial charge in [-0.3, -0.25) is 4.79 Å². The van der Waals surface area contributed by atoms with Gasteiger partial charge in [0.15, 0.2) is 0 Å². The Kier molecular flexibility index (Phi) is 4.33. The number of likely N-dealkylation sites (tertiary alicyclic amines) is 1. The predicted molar refractivity (Wildman–Crippen MR) is 78.1 cm³/mol. The number of hydrogen-bond acceptors (Lipinski definition) is 1. The van der Waals surface area contributed by atoms with Gasteiger partial charge in [0.2, 0.25) is 0 Å². The summed E-state index contributed by atoms with van der Waals surface area (Å²) in [7, 11) is 0. The van der Waals surface area contributed by atoms with Crippen molar-refractivity contribution in [1.82, 2.24) is 4.90 Å². The standard InChI is InChI=1S/C14H17BrClNO/c1-3-13-5-4-9(2)17(13)14(18)10-6-11(15)8-12(16)7-10/h6-9,13H,3-5H2,1-2H3. The Hall–Kier alpha value is -0.540. The molecule has 0 aromatic heterocycles. The first-order chi connectivity index (χ1) is 8.52. The van der Waals surface area contributed by atoms with Crippen LogP contribution in [-0.2, 0) is 0 Å². The molecule has 2 nitrogen and oxygen atoms in total. The Balaban J connectivity index is 2.29. The first kappa shape index (κ1) is 13.9. The Bertz CT molecular complexity index is 443. The smallest absolute Gasteiger partial charge is 0.254 e. The van der Waals surface area contributed by atoms with Crippen molar-refractivity contribution in [2.24, 2.45) is 0 Å². The molecular formula is C14H17BrClNO. The van der Waals surface area contributed by atoms with E-state index in [0.717, 1.165) is 23.7 Å². The average Bonchev–Trinajstić information content (AvgIpc) is 2.68. The van der Waals surface area contributed by atoms with E-state index < -0.39 is 0 Å². The van der Waals surface area contributed by atoms with Crippen molar-refractivity contribution < 1.29 is 4.79 Å². The summed E-state index contributed by atoms with van der Waals surface area (Å²) in [5, 5.41) is 0.590. The van der Waals surface area contributed by atoms with Crippen molar-refractivity contribution in [2.75, 3.05) is 0 Å². The number of carbonyl (C=O) groups excluding carboxylic acids is 1. The lowest BCUT2D eigenvalue weighted by Crippen LogP contribution is -2.39. The first-order valence-electron chi connectivity index (χ1n) is 6.31. The summed E-state index contributed by atoms with van der Waals surface area (Å²) >= 11 is 9.39. The van der Waals surface area contributed by atoms with Crippen LogP contribution >= 0.6 is 27.5 Å². The second-order valence-corrected chi connectivity index (χ2v) is 6.21. The van der Waals surface area contributed by atoms with Gasteiger partial charge in [0.25, 0.3) is 5.91 Å². The van der Waals surface area contributed by atoms with Crippen LogP contribution in [0.25, 0.3) is 0 Å². The number of nitrogens with zero attached hydrogens (tertiary/aromatic N) is 1. The molecule has 0 radical (unpaired) electrons. The summed E-state index contributed by atoms with van der Waals surface area (Å²) in [6.07, 6.45) is 3.20. The topological polar surface area (TPSA) is 20.3 Å². The van der Waals surface area contributed by atoms with Gasteiger partial charge in [-0.05, 0) is 44.4 Å². The quantitative estimate of drug-likeness (QED) is 0.781. The van der Waals surface area contributed by atoms with Gasteiger partial charge in [-0.2, -0.15) is 0 Å². The third-order valence-corrected chi connectivity index (χ3v) is 4.28. The lowest BCUT2D eigenvalue weighted by molar-refractivity contribution is 0.0676. The molecule has 1 amide bonds. The van der Waals surface area contributed by atoms with Crippen LogP contribution in [0.1, 0.15) is 43.5 Å². The van der Waals surface area contributed by atoms with E-state index in [1.807, 2.05) is 11.0 Å². The van der Waals surface area contributed by atoms with E-state index >= 15 is 0 Å². The summed E-state index contributed by atoms with van der Waals surface area (Å²) in [5.41, 5.74) is 0.668. The maximum absolute atomic E-state index is 12.6. The van der Waals surface area contributed by atoms with E-state index in [9.17, 15) is 4.79 Å². The van der Waals surface area contributed by atoms with E-state index in [-0.39, 0.29) is 5.91 Å². The highest BCUT2D eigenvalue weighted by molar-refractivity contribution is 9.10. The van der Waals surface area contributed by atoms with Crippen molar-refractivity contribution in [3.63, 3.8) is 0 Å². The summed E-state index contributed by atoms with van der Waals surface area (Å²) in [6.45, 7) is 4.25. The summed E-state index contributed by atoms with van der Waals surface area (Å²) in [4.78, 5) is 14.6. The number of benzene rings is 1. The molecule has 2 atom stereocenters. The van der Waals surface area contributed by atoms with Gasteiger partial charge in [-0.25, -0.2) is 0 Å². The third-order valence-electron chi connectivity index (χ3n) is 3.60. The van der Waals surface area contributed by atoms with Gasteiger partial charge < -0.3 is 4.90 Å². The molecule has 4 heteroatoms. The molecule has 18 heavy (non-hydrogen) atoms. The van der Waals surface area contributed by atoms with Crippen molar-refractivity contribution in [3.05, 3.63) is 33.3 Å². The van der Waals surface area contributed by atoms with Crippen LogP contribution in [0.5, 0.6) is 0 Å². The molecule has 0 aliphatic carbocycles. The molecule has 1 fully saturated rings. The fourth-order valence-electron chi connectivity index (χ4n) is 2.66. The summed E-state index contributed by atoms with van der Waals surface area (Å²) in [6, 6.07) is 6.06. The molecule has 1 aliphatic rings. The second kappa shape index (κ2) is 5.62. The predicted octanol–water partition coefficient (Wildman–Crippen LogP) is 4.51. The van der Waals surface area contributed by atoms with Crippen LogP contribution in [0.15, 0.2) is 22.7 Å². The average molecular weight is 331 g/mol. The van der Waals surface area contributed by atoms with Gasteiger partial charge >= 0.3 is 0 Å². The molecule has 2 rings (SSSR count). The zero-order chi connectivity index (χ0) is 13.3. The SMILES string of the molecule is CCC1CCC(C)N1C(=O)c1cc(Cl)cc(Br)c1. The van der Waals surface area contributed by atoms with Crippen LogP contribution in [-0.4, -0.2) is 22.9 Å². The van der Waals surface area contributed by atoms with Crippen LogP contribution in [0, 0.1) is 0 Å². The van der Waals surface area contributed by atoms with Crippen molar-refractivity contribution in [3.8, 4) is 0 Å². The first-order valence-corrected chi connectivity index (χ1v) is 7.48. The van der Waals surface area contributed by atoms with E-state index in [2.05, 4.69) is 29.8 Å². The molecule has 1 heterocycles. The van der Waals surface area contributed by atoms with Gasteiger partial charge in [0.1, 0.15) is 0 Å². The highest BCUT2D eigenvalue weighted by Crippen LogP contribution is 2.29. The van der Waals surface area contributed by atoms with Gasteiger partial charge in [0.05, 0.1) is 0 Å². The molecule has 2 unspecified atom stereocenters. The minimum absolute atomic E-state index is 0.0926. The molecular weight excluding hydrogens is 314 g/mol. The van der Waals surface area contributed by atoms with E-state index in [1.165, 1.54) is 0 Å². The number of halogens is 2. The number of hydrogen-bond donors (Lipinski definition) is 0. The van der Waals surface area contributed by atoms with Crippen LogP contribution in [0.2, 0.25) is 5.02 Å². The highest BCUT2D eigenvalue weighted by Gasteiger charge is 2.33. The number of amides is 1. The van der Waals surface area contributed by atoms with Gasteiger partial charge in [-0.1, -0.05) is 34.5 Å². The fourth-order valence-corrected chi connectivity index (χ4v) is 3.52. The molecule has 0 saturated carbocycles. The Morgan fingerprint density at radius 2 is 2.17 bits per heavy atom. The maximum atomic E-state index is 12.6. The minimum Gasteiger partial charge on any atom is -0.333 e. The van der Waals surface area contributed by atoms with Crippen molar-refractivity contribution >= 4 is 33.4 Å². The van der Waals surface area contributed by atoms with E-state index in [1.54, 1.807) is 12.1 Å². The van der Waals surface area contributed by atoms with E-state index in [4.69, 9.17) is 11.6 Å². The molecule has 98 valence electrons. The lowest BCUT2D eigenvalue weighted by Gasteiger charge is -2.28. The molecule has 0 bridgehead atoms. The molecule has 0 N–H and O–H groups in total. The molecule has 1 aliphatic heterocycles. The Morgan fingerprint density at radius 1 is 1.44 bits per heavy atom. The number of carbonyl (C=O) groups is 1. The third kappa shape index (κ3) is 2.72. The normalized spacial score (nSPS) is 23.4. The zero-order valence-electron chi connectivity index (χ0n) is 10.6. The van der Waals surface area contributed by atoms with Crippen LogP contribution < -0.4 is 0 Å². The Morgan fingerprint density at radius 3 is 2.78 bits per heavy atom. The molecule has 0 spiro atoms. The molecule has 1 aromatic rings. The second-order valence-electron chi connectivity index (χ2n) is 4.86. The number of rotatable bonds is 2. The van der Waals surface area contributed by atoms with Crippen molar-refractivity contribution in [2.45, 2.75) is 45.2 Å².